The van der Waals surface area contributed by atoms with Crippen LogP contribution in [0.15, 0.2) is 29.9 Å². The zero-order valence-electron chi connectivity index (χ0n) is 13.9. The molecule has 0 spiro atoms. The first kappa shape index (κ1) is 16.2. The molecule has 0 bridgehead atoms. The number of aromatic nitrogens is 2. The van der Waals surface area contributed by atoms with Crippen molar-refractivity contribution in [2.24, 2.45) is 0 Å². The molecule has 2 aliphatic rings. The molecule has 2 aromatic rings. The van der Waals surface area contributed by atoms with E-state index in [9.17, 15) is 9.59 Å². The van der Waals surface area contributed by atoms with E-state index in [4.69, 9.17) is 0 Å². The summed E-state index contributed by atoms with van der Waals surface area (Å²) in [6.45, 7) is 1.52. The Hall–Kier alpha value is -2.28. The standard InChI is InChI=1S/C18H20N4O2S/c23-16-4-2-10-22(16)18-20-14(12-25-18)11-17(24)21-9-1-3-15(21)13-5-7-19-8-6-13/h5-8,12,15H,1-4,9-11H2. The van der Waals surface area contributed by atoms with Crippen LogP contribution in [0.2, 0.25) is 0 Å². The van der Waals surface area contributed by atoms with Gasteiger partial charge in [0.1, 0.15) is 0 Å². The molecule has 25 heavy (non-hydrogen) atoms. The van der Waals surface area contributed by atoms with Crippen LogP contribution in [0.3, 0.4) is 0 Å². The Morgan fingerprint density at radius 3 is 2.84 bits per heavy atom. The van der Waals surface area contributed by atoms with Crippen LogP contribution in [0.5, 0.6) is 0 Å². The number of anilines is 1. The summed E-state index contributed by atoms with van der Waals surface area (Å²) in [5, 5.41) is 2.62. The summed E-state index contributed by atoms with van der Waals surface area (Å²) in [7, 11) is 0. The molecule has 2 aliphatic heterocycles. The molecule has 1 unspecified atom stereocenters. The van der Waals surface area contributed by atoms with Crippen molar-refractivity contribution in [3.8, 4) is 0 Å². The van der Waals surface area contributed by atoms with Crippen LogP contribution >= 0.6 is 11.3 Å². The summed E-state index contributed by atoms with van der Waals surface area (Å²) < 4.78 is 0. The average Bonchev–Trinajstić information content (AvgIpc) is 3.35. The Morgan fingerprint density at radius 2 is 2.08 bits per heavy atom. The molecule has 6 nitrogen and oxygen atoms in total. The van der Waals surface area contributed by atoms with Crippen molar-refractivity contribution in [1.82, 2.24) is 14.9 Å². The quantitative estimate of drug-likeness (QED) is 0.844. The van der Waals surface area contributed by atoms with E-state index >= 15 is 0 Å². The largest absolute Gasteiger partial charge is 0.335 e. The Kier molecular flexibility index (Phi) is 4.48. The molecular weight excluding hydrogens is 336 g/mol. The van der Waals surface area contributed by atoms with Crippen LogP contribution in [0.25, 0.3) is 0 Å². The topological polar surface area (TPSA) is 66.4 Å². The molecule has 0 N–H and O–H groups in total. The number of thiazole rings is 1. The van der Waals surface area contributed by atoms with Gasteiger partial charge in [0.25, 0.3) is 0 Å². The van der Waals surface area contributed by atoms with Crippen LogP contribution in [0.1, 0.15) is 43.0 Å². The van der Waals surface area contributed by atoms with Gasteiger partial charge in [-0.1, -0.05) is 0 Å². The van der Waals surface area contributed by atoms with Crippen molar-refractivity contribution < 1.29 is 9.59 Å². The molecule has 4 rings (SSSR count). The molecule has 4 heterocycles. The van der Waals surface area contributed by atoms with E-state index in [1.807, 2.05) is 22.4 Å². The highest BCUT2D eigenvalue weighted by atomic mass is 32.1. The van der Waals surface area contributed by atoms with Gasteiger partial charge < -0.3 is 4.90 Å². The van der Waals surface area contributed by atoms with Crippen molar-refractivity contribution >= 4 is 28.3 Å². The van der Waals surface area contributed by atoms with Gasteiger partial charge in [0.2, 0.25) is 11.8 Å². The second-order valence-corrected chi connectivity index (χ2v) is 7.31. The van der Waals surface area contributed by atoms with Gasteiger partial charge in [-0.15, -0.1) is 11.3 Å². The van der Waals surface area contributed by atoms with Crippen LogP contribution in [-0.2, 0) is 16.0 Å². The monoisotopic (exact) mass is 356 g/mol. The second-order valence-electron chi connectivity index (χ2n) is 6.47. The number of nitrogens with zero attached hydrogens (tertiary/aromatic N) is 4. The number of hydrogen-bond donors (Lipinski definition) is 0. The van der Waals surface area contributed by atoms with Gasteiger partial charge in [0.05, 0.1) is 18.2 Å². The first-order chi connectivity index (χ1) is 12.2. The summed E-state index contributed by atoms with van der Waals surface area (Å²) >= 11 is 1.45. The SMILES string of the molecule is O=C1CCCN1c1nc(CC(=O)N2CCCC2c2ccncc2)cs1. The third-order valence-corrected chi connectivity index (χ3v) is 5.75. The number of hydrogen-bond acceptors (Lipinski definition) is 5. The van der Waals surface area contributed by atoms with E-state index in [0.717, 1.165) is 48.7 Å². The van der Waals surface area contributed by atoms with E-state index < -0.39 is 0 Å². The second kappa shape index (κ2) is 6.92. The number of rotatable bonds is 4. The van der Waals surface area contributed by atoms with Crippen LogP contribution in [0.4, 0.5) is 5.13 Å². The zero-order valence-corrected chi connectivity index (χ0v) is 14.7. The van der Waals surface area contributed by atoms with Gasteiger partial charge >= 0.3 is 0 Å². The van der Waals surface area contributed by atoms with Crippen molar-refractivity contribution in [2.45, 2.75) is 38.1 Å². The summed E-state index contributed by atoms with van der Waals surface area (Å²) in [6, 6.07) is 4.10. The molecule has 130 valence electrons. The molecule has 2 amide bonds. The molecule has 0 aliphatic carbocycles. The normalized spacial score (nSPS) is 20.5. The fourth-order valence-corrected chi connectivity index (χ4v) is 4.47. The zero-order chi connectivity index (χ0) is 17.2. The van der Waals surface area contributed by atoms with Crippen molar-refractivity contribution in [1.29, 1.82) is 0 Å². The lowest BCUT2D eigenvalue weighted by Gasteiger charge is -2.24. The maximum Gasteiger partial charge on any atom is 0.229 e. The lowest BCUT2D eigenvalue weighted by Crippen LogP contribution is -2.32. The minimum Gasteiger partial charge on any atom is -0.335 e. The van der Waals surface area contributed by atoms with E-state index in [2.05, 4.69) is 9.97 Å². The maximum atomic E-state index is 12.8. The van der Waals surface area contributed by atoms with E-state index in [-0.39, 0.29) is 17.9 Å². The molecule has 2 saturated heterocycles. The number of likely N-dealkylation sites (tertiary alicyclic amines) is 1. The van der Waals surface area contributed by atoms with Crippen molar-refractivity contribution in [3.05, 3.63) is 41.2 Å². The van der Waals surface area contributed by atoms with Gasteiger partial charge in [-0.25, -0.2) is 4.98 Å². The van der Waals surface area contributed by atoms with Crippen LogP contribution in [0, 0.1) is 0 Å². The number of carbonyl (C=O) groups is 2. The molecule has 2 fully saturated rings. The number of amides is 2. The van der Waals surface area contributed by atoms with Crippen molar-refractivity contribution in [2.75, 3.05) is 18.0 Å². The Labute approximate surface area is 150 Å². The van der Waals surface area contributed by atoms with Gasteiger partial charge in [-0.3, -0.25) is 19.5 Å². The first-order valence-electron chi connectivity index (χ1n) is 8.66. The van der Waals surface area contributed by atoms with Gasteiger partial charge in [0, 0.05) is 37.3 Å². The van der Waals surface area contributed by atoms with Gasteiger partial charge in [-0.2, -0.15) is 0 Å². The maximum absolute atomic E-state index is 12.8. The molecule has 1 atom stereocenters. The molecule has 0 saturated carbocycles. The fourth-order valence-electron chi connectivity index (χ4n) is 3.61. The highest BCUT2D eigenvalue weighted by molar-refractivity contribution is 7.14. The lowest BCUT2D eigenvalue weighted by molar-refractivity contribution is -0.131. The van der Waals surface area contributed by atoms with Gasteiger partial charge in [-0.05, 0) is 37.0 Å². The third-order valence-electron chi connectivity index (χ3n) is 4.84. The van der Waals surface area contributed by atoms with E-state index in [1.165, 1.54) is 11.3 Å². The Balaban J connectivity index is 1.45. The molecular formula is C18H20N4O2S. The number of pyridine rings is 1. The fraction of sp³-hybridized carbons (Fsp3) is 0.444. The molecule has 0 radical (unpaired) electrons. The lowest BCUT2D eigenvalue weighted by atomic mass is 10.1. The minimum atomic E-state index is 0.101. The molecule has 2 aromatic heterocycles. The van der Waals surface area contributed by atoms with Crippen molar-refractivity contribution in [3.63, 3.8) is 0 Å². The summed E-state index contributed by atoms with van der Waals surface area (Å²) in [5.41, 5.74) is 1.90. The highest BCUT2D eigenvalue weighted by Crippen LogP contribution is 2.32. The third kappa shape index (κ3) is 3.28. The smallest absolute Gasteiger partial charge is 0.229 e. The minimum absolute atomic E-state index is 0.101. The predicted molar refractivity (Wildman–Crippen MR) is 95.3 cm³/mol. The van der Waals surface area contributed by atoms with Gasteiger partial charge in [0.15, 0.2) is 5.13 Å². The van der Waals surface area contributed by atoms with E-state index in [0.29, 0.717) is 12.8 Å². The summed E-state index contributed by atoms with van der Waals surface area (Å²) in [6.07, 6.45) is 7.32. The predicted octanol–water partition coefficient (Wildman–Crippen LogP) is 2.57. The highest BCUT2D eigenvalue weighted by Gasteiger charge is 2.30. The summed E-state index contributed by atoms with van der Waals surface area (Å²) in [5.74, 6) is 0.230. The summed E-state index contributed by atoms with van der Waals surface area (Å²) in [4.78, 5) is 36.9. The average molecular weight is 356 g/mol. The Bertz CT molecular complexity index is 776. The van der Waals surface area contributed by atoms with Crippen LogP contribution < -0.4 is 4.90 Å². The first-order valence-corrected chi connectivity index (χ1v) is 9.54. The van der Waals surface area contributed by atoms with Crippen LogP contribution in [-0.4, -0.2) is 39.8 Å². The molecule has 7 heteroatoms. The number of carbonyl (C=O) groups excluding carboxylic acids is 2. The van der Waals surface area contributed by atoms with E-state index in [1.54, 1.807) is 17.3 Å². The molecule has 0 aromatic carbocycles. The Morgan fingerprint density at radius 1 is 1.24 bits per heavy atom.